The molecule has 0 amide bonds. The Bertz CT molecular complexity index is 494. The SMILES string of the molecule is CCC(C)c1nc(C(=O)CC(C)C)c(C(C)CC)nc1C. The second-order valence-corrected chi connectivity index (χ2v) is 6.57. The zero-order valence-electron chi connectivity index (χ0n) is 14.7. The lowest BCUT2D eigenvalue weighted by molar-refractivity contribution is 0.0960. The number of hydrogen-bond acceptors (Lipinski definition) is 3. The van der Waals surface area contributed by atoms with Gasteiger partial charge in [-0.25, -0.2) is 4.98 Å². The van der Waals surface area contributed by atoms with Gasteiger partial charge in [-0.05, 0) is 31.6 Å². The van der Waals surface area contributed by atoms with Crippen molar-refractivity contribution in [2.24, 2.45) is 5.92 Å². The third kappa shape index (κ3) is 4.36. The highest BCUT2D eigenvalue weighted by molar-refractivity contribution is 5.95. The van der Waals surface area contributed by atoms with Crippen LogP contribution in [0.25, 0.3) is 0 Å². The van der Waals surface area contributed by atoms with Crippen LogP contribution in [0, 0.1) is 12.8 Å². The number of hydrogen-bond donors (Lipinski definition) is 0. The van der Waals surface area contributed by atoms with Crippen LogP contribution < -0.4 is 0 Å². The summed E-state index contributed by atoms with van der Waals surface area (Å²) >= 11 is 0. The number of nitrogens with zero attached hydrogens (tertiary/aromatic N) is 2. The van der Waals surface area contributed by atoms with E-state index in [2.05, 4.69) is 41.5 Å². The van der Waals surface area contributed by atoms with Crippen molar-refractivity contribution in [3.63, 3.8) is 0 Å². The Hall–Kier alpha value is -1.25. The van der Waals surface area contributed by atoms with E-state index in [0.717, 1.165) is 29.9 Å². The van der Waals surface area contributed by atoms with E-state index in [4.69, 9.17) is 9.97 Å². The highest BCUT2D eigenvalue weighted by Crippen LogP contribution is 2.26. The van der Waals surface area contributed by atoms with Gasteiger partial charge in [0.1, 0.15) is 5.69 Å². The van der Waals surface area contributed by atoms with Gasteiger partial charge in [-0.3, -0.25) is 9.78 Å². The molecule has 0 aliphatic heterocycles. The smallest absolute Gasteiger partial charge is 0.183 e. The highest BCUT2D eigenvalue weighted by Gasteiger charge is 2.23. The van der Waals surface area contributed by atoms with Crippen molar-refractivity contribution in [2.75, 3.05) is 0 Å². The molecule has 118 valence electrons. The Balaban J connectivity index is 3.37. The second-order valence-electron chi connectivity index (χ2n) is 6.57. The molecule has 2 atom stereocenters. The molecule has 0 aliphatic rings. The summed E-state index contributed by atoms with van der Waals surface area (Å²) in [6.45, 7) is 14.7. The fourth-order valence-corrected chi connectivity index (χ4v) is 2.42. The summed E-state index contributed by atoms with van der Waals surface area (Å²) in [5.74, 6) is 1.09. The van der Waals surface area contributed by atoms with Crippen LogP contribution in [0.3, 0.4) is 0 Å². The minimum Gasteiger partial charge on any atom is -0.292 e. The summed E-state index contributed by atoms with van der Waals surface area (Å²) in [6, 6.07) is 0. The van der Waals surface area contributed by atoms with E-state index in [1.54, 1.807) is 0 Å². The van der Waals surface area contributed by atoms with Crippen LogP contribution in [0.5, 0.6) is 0 Å². The minimum atomic E-state index is 0.136. The van der Waals surface area contributed by atoms with Gasteiger partial charge in [0.2, 0.25) is 0 Å². The molecule has 0 radical (unpaired) electrons. The van der Waals surface area contributed by atoms with Crippen LogP contribution in [-0.2, 0) is 0 Å². The quantitative estimate of drug-likeness (QED) is 0.661. The van der Waals surface area contributed by atoms with Crippen molar-refractivity contribution in [2.45, 2.75) is 79.6 Å². The standard InChI is InChI=1S/C18H30N2O/c1-8-12(5)16-14(7)19-17(13(6)9-2)18(20-16)15(21)10-11(3)4/h11-13H,8-10H2,1-7H3. The van der Waals surface area contributed by atoms with E-state index in [1.807, 2.05) is 6.92 Å². The van der Waals surface area contributed by atoms with Crippen molar-refractivity contribution in [3.8, 4) is 0 Å². The fourth-order valence-electron chi connectivity index (χ4n) is 2.42. The van der Waals surface area contributed by atoms with Crippen LogP contribution in [-0.4, -0.2) is 15.8 Å². The molecule has 1 heterocycles. The Morgan fingerprint density at radius 2 is 1.48 bits per heavy atom. The van der Waals surface area contributed by atoms with Gasteiger partial charge in [-0.15, -0.1) is 0 Å². The molecule has 0 saturated heterocycles. The van der Waals surface area contributed by atoms with Gasteiger partial charge in [0, 0.05) is 12.3 Å². The van der Waals surface area contributed by atoms with Gasteiger partial charge in [0.25, 0.3) is 0 Å². The number of carbonyl (C=O) groups excluding carboxylic acids is 1. The molecule has 1 aromatic rings. The van der Waals surface area contributed by atoms with Crippen molar-refractivity contribution < 1.29 is 4.79 Å². The zero-order chi connectivity index (χ0) is 16.2. The first-order valence-corrected chi connectivity index (χ1v) is 8.23. The number of rotatable bonds is 7. The molecule has 0 aromatic carbocycles. The monoisotopic (exact) mass is 290 g/mol. The van der Waals surface area contributed by atoms with Crippen molar-refractivity contribution in [3.05, 3.63) is 22.8 Å². The Kier molecular flexibility index (Phi) is 6.50. The van der Waals surface area contributed by atoms with Crippen molar-refractivity contribution >= 4 is 5.78 Å². The maximum atomic E-state index is 12.6. The molecule has 0 fully saturated rings. The van der Waals surface area contributed by atoms with Gasteiger partial charge in [-0.2, -0.15) is 0 Å². The molecular formula is C18H30N2O. The van der Waals surface area contributed by atoms with Gasteiger partial charge in [-0.1, -0.05) is 41.5 Å². The van der Waals surface area contributed by atoms with Crippen LogP contribution in [0.2, 0.25) is 0 Å². The number of aryl methyl sites for hydroxylation is 1. The molecule has 3 heteroatoms. The van der Waals surface area contributed by atoms with Crippen molar-refractivity contribution in [1.82, 2.24) is 9.97 Å². The maximum absolute atomic E-state index is 12.6. The molecular weight excluding hydrogens is 260 g/mol. The molecule has 0 bridgehead atoms. The predicted molar refractivity (Wildman–Crippen MR) is 88.0 cm³/mol. The lowest BCUT2D eigenvalue weighted by Gasteiger charge is -2.18. The number of Topliss-reactive ketones (excluding diaryl/α,β-unsaturated/α-hetero) is 1. The number of carbonyl (C=O) groups is 1. The second kappa shape index (κ2) is 7.67. The molecule has 2 unspecified atom stereocenters. The van der Waals surface area contributed by atoms with E-state index in [1.165, 1.54) is 0 Å². The van der Waals surface area contributed by atoms with Crippen LogP contribution >= 0.6 is 0 Å². The van der Waals surface area contributed by atoms with Gasteiger partial charge in [0.15, 0.2) is 5.78 Å². The predicted octanol–water partition coefficient (Wildman–Crippen LogP) is 5.04. The van der Waals surface area contributed by atoms with Gasteiger partial charge < -0.3 is 0 Å². The molecule has 0 saturated carbocycles. The lowest BCUT2D eigenvalue weighted by atomic mass is 9.95. The third-order valence-corrected chi connectivity index (χ3v) is 4.15. The lowest BCUT2D eigenvalue weighted by Crippen LogP contribution is -2.17. The molecule has 0 aliphatic carbocycles. The molecule has 0 N–H and O–H groups in total. The average molecular weight is 290 g/mol. The number of ketones is 1. The molecule has 0 spiro atoms. The minimum absolute atomic E-state index is 0.136. The Morgan fingerprint density at radius 1 is 0.952 bits per heavy atom. The summed E-state index contributed by atoms with van der Waals surface area (Å²) in [5.41, 5.74) is 3.45. The van der Waals surface area contributed by atoms with E-state index < -0.39 is 0 Å². The Labute approximate surface area is 129 Å². The van der Waals surface area contributed by atoms with Crippen LogP contribution in [0.15, 0.2) is 0 Å². The van der Waals surface area contributed by atoms with Crippen LogP contribution in [0.1, 0.15) is 100 Å². The molecule has 3 nitrogen and oxygen atoms in total. The van der Waals surface area contributed by atoms with E-state index in [9.17, 15) is 4.79 Å². The first-order chi connectivity index (χ1) is 9.81. The summed E-state index contributed by atoms with van der Waals surface area (Å²) in [4.78, 5) is 22.1. The topological polar surface area (TPSA) is 42.9 Å². The zero-order valence-corrected chi connectivity index (χ0v) is 14.7. The van der Waals surface area contributed by atoms with Gasteiger partial charge in [0.05, 0.1) is 17.1 Å². The van der Waals surface area contributed by atoms with E-state index in [0.29, 0.717) is 24.0 Å². The molecule has 21 heavy (non-hydrogen) atoms. The number of aromatic nitrogens is 2. The normalized spacial score (nSPS) is 14.3. The summed E-state index contributed by atoms with van der Waals surface area (Å²) in [5, 5.41) is 0. The van der Waals surface area contributed by atoms with Gasteiger partial charge >= 0.3 is 0 Å². The molecule has 1 rings (SSSR count). The largest absolute Gasteiger partial charge is 0.292 e. The third-order valence-electron chi connectivity index (χ3n) is 4.15. The summed E-state index contributed by atoms with van der Waals surface area (Å²) in [7, 11) is 0. The first kappa shape index (κ1) is 17.8. The molecule has 1 aromatic heterocycles. The van der Waals surface area contributed by atoms with Crippen molar-refractivity contribution in [1.29, 1.82) is 0 Å². The van der Waals surface area contributed by atoms with E-state index in [-0.39, 0.29) is 11.7 Å². The fraction of sp³-hybridized carbons (Fsp3) is 0.722. The summed E-state index contributed by atoms with van der Waals surface area (Å²) in [6.07, 6.45) is 2.52. The summed E-state index contributed by atoms with van der Waals surface area (Å²) < 4.78 is 0. The maximum Gasteiger partial charge on any atom is 0.183 e. The van der Waals surface area contributed by atoms with E-state index >= 15 is 0 Å². The average Bonchev–Trinajstić information content (AvgIpc) is 2.44. The highest BCUT2D eigenvalue weighted by atomic mass is 16.1. The first-order valence-electron chi connectivity index (χ1n) is 8.23. The Morgan fingerprint density at radius 3 is 1.95 bits per heavy atom. The van der Waals surface area contributed by atoms with Crippen LogP contribution in [0.4, 0.5) is 0 Å².